The standard InChI is InChI=1S/C11H13N3OS/c1-7-10(12-3)13-6-14-11(7)16-9-4-5-15-8(9)2/h4-6H,1-3H3,(H,12,13,14). The number of aryl methyl sites for hydroxylation is 1. The van der Waals surface area contributed by atoms with Crippen molar-refractivity contribution in [2.24, 2.45) is 0 Å². The molecule has 0 atom stereocenters. The molecule has 0 aromatic carbocycles. The van der Waals surface area contributed by atoms with E-state index in [0.717, 1.165) is 27.1 Å². The smallest absolute Gasteiger partial charge is 0.133 e. The fraction of sp³-hybridized carbons (Fsp3) is 0.273. The maximum atomic E-state index is 5.25. The lowest BCUT2D eigenvalue weighted by Crippen LogP contribution is -1.98. The Morgan fingerprint density at radius 3 is 2.75 bits per heavy atom. The molecule has 84 valence electrons. The molecule has 0 amide bonds. The molecule has 16 heavy (non-hydrogen) atoms. The fourth-order valence-electron chi connectivity index (χ4n) is 1.37. The van der Waals surface area contributed by atoms with Gasteiger partial charge in [0.1, 0.15) is 22.9 Å². The molecule has 2 aromatic heterocycles. The zero-order valence-electron chi connectivity index (χ0n) is 9.44. The fourth-order valence-corrected chi connectivity index (χ4v) is 2.25. The van der Waals surface area contributed by atoms with Gasteiger partial charge < -0.3 is 9.73 Å². The number of hydrogen-bond donors (Lipinski definition) is 1. The Morgan fingerprint density at radius 2 is 2.12 bits per heavy atom. The van der Waals surface area contributed by atoms with Gasteiger partial charge in [0.25, 0.3) is 0 Å². The van der Waals surface area contributed by atoms with Crippen molar-refractivity contribution < 1.29 is 4.42 Å². The van der Waals surface area contributed by atoms with Gasteiger partial charge in [0.2, 0.25) is 0 Å². The molecule has 0 bridgehead atoms. The highest BCUT2D eigenvalue weighted by Crippen LogP contribution is 2.32. The zero-order valence-corrected chi connectivity index (χ0v) is 10.3. The van der Waals surface area contributed by atoms with Crippen LogP contribution in [0.25, 0.3) is 0 Å². The summed E-state index contributed by atoms with van der Waals surface area (Å²) in [6, 6.07) is 1.95. The van der Waals surface area contributed by atoms with Crippen LogP contribution in [0.3, 0.4) is 0 Å². The van der Waals surface area contributed by atoms with Gasteiger partial charge in [-0.25, -0.2) is 9.97 Å². The van der Waals surface area contributed by atoms with E-state index >= 15 is 0 Å². The molecule has 1 N–H and O–H groups in total. The minimum absolute atomic E-state index is 0.860. The van der Waals surface area contributed by atoms with Gasteiger partial charge in [-0.15, -0.1) is 0 Å². The topological polar surface area (TPSA) is 51.0 Å². The highest BCUT2D eigenvalue weighted by molar-refractivity contribution is 7.99. The molecule has 2 heterocycles. The second-order valence-corrected chi connectivity index (χ2v) is 4.38. The van der Waals surface area contributed by atoms with Crippen LogP contribution in [0.1, 0.15) is 11.3 Å². The lowest BCUT2D eigenvalue weighted by atomic mass is 10.3. The van der Waals surface area contributed by atoms with Crippen molar-refractivity contribution in [3.05, 3.63) is 30.0 Å². The summed E-state index contributed by atoms with van der Waals surface area (Å²) in [6.45, 7) is 3.95. The van der Waals surface area contributed by atoms with Gasteiger partial charge in [0, 0.05) is 12.6 Å². The van der Waals surface area contributed by atoms with Gasteiger partial charge in [0.05, 0.1) is 11.2 Å². The van der Waals surface area contributed by atoms with E-state index in [2.05, 4.69) is 15.3 Å². The monoisotopic (exact) mass is 235 g/mol. The first-order valence-electron chi connectivity index (χ1n) is 4.93. The van der Waals surface area contributed by atoms with Crippen LogP contribution >= 0.6 is 11.8 Å². The van der Waals surface area contributed by atoms with Crippen LogP contribution in [0, 0.1) is 13.8 Å². The van der Waals surface area contributed by atoms with Crippen LogP contribution in [0.2, 0.25) is 0 Å². The molecule has 0 aliphatic carbocycles. The van der Waals surface area contributed by atoms with Crippen molar-refractivity contribution in [1.29, 1.82) is 0 Å². The number of aromatic nitrogens is 2. The lowest BCUT2D eigenvalue weighted by molar-refractivity contribution is 0.527. The van der Waals surface area contributed by atoms with Crippen molar-refractivity contribution in [2.75, 3.05) is 12.4 Å². The molecule has 5 heteroatoms. The van der Waals surface area contributed by atoms with Crippen LogP contribution in [-0.4, -0.2) is 17.0 Å². The predicted octanol–water partition coefficient (Wildman–Crippen LogP) is 2.88. The number of hydrogen-bond acceptors (Lipinski definition) is 5. The molecule has 0 aliphatic rings. The molecule has 0 saturated heterocycles. The molecule has 0 unspecified atom stereocenters. The quantitative estimate of drug-likeness (QED) is 0.829. The third-order valence-corrected chi connectivity index (χ3v) is 3.54. The van der Waals surface area contributed by atoms with Gasteiger partial charge in [-0.1, -0.05) is 11.8 Å². The van der Waals surface area contributed by atoms with Crippen LogP contribution in [0.15, 0.2) is 33.0 Å². The van der Waals surface area contributed by atoms with Crippen molar-refractivity contribution in [1.82, 2.24) is 9.97 Å². The number of rotatable bonds is 3. The molecular formula is C11H13N3OS. The van der Waals surface area contributed by atoms with Gasteiger partial charge in [-0.2, -0.15) is 0 Å². The predicted molar refractivity (Wildman–Crippen MR) is 63.9 cm³/mol. The maximum absolute atomic E-state index is 5.25. The van der Waals surface area contributed by atoms with Gasteiger partial charge in [-0.05, 0) is 19.9 Å². The molecule has 0 fully saturated rings. The van der Waals surface area contributed by atoms with Crippen molar-refractivity contribution in [3.8, 4) is 0 Å². The molecular weight excluding hydrogens is 222 g/mol. The van der Waals surface area contributed by atoms with Gasteiger partial charge >= 0.3 is 0 Å². The normalized spacial score (nSPS) is 10.4. The summed E-state index contributed by atoms with van der Waals surface area (Å²) in [6.07, 6.45) is 3.25. The first-order chi connectivity index (χ1) is 7.72. The summed E-state index contributed by atoms with van der Waals surface area (Å²) in [7, 11) is 1.85. The Balaban J connectivity index is 2.32. The van der Waals surface area contributed by atoms with Crippen LogP contribution in [0.5, 0.6) is 0 Å². The molecule has 0 saturated carbocycles. The maximum Gasteiger partial charge on any atom is 0.133 e. The lowest BCUT2D eigenvalue weighted by Gasteiger charge is -2.07. The van der Waals surface area contributed by atoms with Gasteiger partial charge in [-0.3, -0.25) is 0 Å². The van der Waals surface area contributed by atoms with Crippen molar-refractivity contribution in [2.45, 2.75) is 23.8 Å². The van der Waals surface area contributed by atoms with Crippen LogP contribution in [0.4, 0.5) is 5.82 Å². The largest absolute Gasteiger partial charge is 0.468 e. The van der Waals surface area contributed by atoms with E-state index in [1.807, 2.05) is 27.0 Å². The Hall–Kier alpha value is -1.49. The average Bonchev–Trinajstić information content (AvgIpc) is 2.68. The molecule has 2 aromatic rings. The van der Waals surface area contributed by atoms with E-state index in [0.29, 0.717) is 0 Å². The highest BCUT2D eigenvalue weighted by atomic mass is 32.2. The third kappa shape index (κ3) is 2.04. The summed E-state index contributed by atoms with van der Waals surface area (Å²) < 4.78 is 5.25. The van der Waals surface area contributed by atoms with E-state index in [1.165, 1.54) is 0 Å². The second kappa shape index (κ2) is 4.57. The van der Waals surface area contributed by atoms with E-state index in [4.69, 9.17) is 4.42 Å². The van der Waals surface area contributed by atoms with Gasteiger partial charge in [0.15, 0.2) is 0 Å². The molecule has 0 aliphatic heterocycles. The average molecular weight is 235 g/mol. The van der Waals surface area contributed by atoms with Crippen molar-refractivity contribution in [3.63, 3.8) is 0 Å². The SMILES string of the molecule is CNc1ncnc(Sc2ccoc2C)c1C. The number of furan rings is 1. The summed E-state index contributed by atoms with van der Waals surface area (Å²) in [5.74, 6) is 1.77. The van der Waals surface area contributed by atoms with Crippen LogP contribution in [-0.2, 0) is 0 Å². The molecule has 0 spiro atoms. The van der Waals surface area contributed by atoms with E-state index < -0.39 is 0 Å². The van der Waals surface area contributed by atoms with E-state index in [1.54, 1.807) is 24.4 Å². The van der Waals surface area contributed by atoms with Crippen molar-refractivity contribution >= 4 is 17.6 Å². The molecule has 4 nitrogen and oxygen atoms in total. The Morgan fingerprint density at radius 1 is 1.31 bits per heavy atom. The Bertz CT molecular complexity index is 496. The minimum atomic E-state index is 0.860. The number of nitrogens with zero attached hydrogens (tertiary/aromatic N) is 2. The number of anilines is 1. The summed E-state index contributed by atoms with van der Waals surface area (Å²) >= 11 is 1.59. The third-order valence-electron chi connectivity index (χ3n) is 2.29. The zero-order chi connectivity index (χ0) is 11.5. The summed E-state index contributed by atoms with van der Waals surface area (Å²) in [5, 5.41) is 3.99. The Kier molecular flexibility index (Phi) is 3.14. The molecule has 2 rings (SSSR count). The molecule has 0 radical (unpaired) electrons. The first-order valence-corrected chi connectivity index (χ1v) is 5.75. The van der Waals surface area contributed by atoms with Crippen LogP contribution < -0.4 is 5.32 Å². The first kappa shape index (κ1) is 11.0. The second-order valence-electron chi connectivity index (χ2n) is 3.35. The number of nitrogens with one attached hydrogen (secondary N) is 1. The summed E-state index contributed by atoms with van der Waals surface area (Å²) in [5.41, 5.74) is 1.05. The Labute approximate surface area is 98.5 Å². The van der Waals surface area contributed by atoms with E-state index in [-0.39, 0.29) is 0 Å². The summed E-state index contributed by atoms with van der Waals surface area (Å²) in [4.78, 5) is 9.51. The van der Waals surface area contributed by atoms with E-state index in [9.17, 15) is 0 Å². The highest BCUT2D eigenvalue weighted by Gasteiger charge is 2.10. The minimum Gasteiger partial charge on any atom is -0.468 e.